The Kier molecular flexibility index (Phi) is 3.80. The molecule has 0 amide bonds. The maximum absolute atomic E-state index is 3.51. The smallest absolute Gasteiger partial charge is 0.0459 e. The summed E-state index contributed by atoms with van der Waals surface area (Å²) in [6, 6.07) is 19.4. The van der Waals surface area contributed by atoms with Gasteiger partial charge in [-0.2, -0.15) is 0 Å². The van der Waals surface area contributed by atoms with Crippen LogP contribution in [0.2, 0.25) is 0 Å². The van der Waals surface area contributed by atoms with Crippen molar-refractivity contribution in [2.75, 3.05) is 31.1 Å². The minimum absolute atomic E-state index is 1.04. The van der Waals surface area contributed by atoms with Gasteiger partial charge in [-0.3, -0.25) is 4.90 Å². The Morgan fingerprint density at radius 2 is 1.57 bits per heavy atom. The zero-order valence-electron chi connectivity index (χ0n) is 13.6. The van der Waals surface area contributed by atoms with Crippen LogP contribution in [0.4, 0.5) is 5.69 Å². The number of hydrogen-bond donors (Lipinski definition) is 1. The average molecular weight is 305 g/mol. The lowest BCUT2D eigenvalue weighted by Crippen LogP contribution is -2.46. The van der Waals surface area contributed by atoms with Crippen LogP contribution in [0.3, 0.4) is 0 Å². The summed E-state index contributed by atoms with van der Waals surface area (Å²) in [5.74, 6) is 0. The van der Waals surface area contributed by atoms with Gasteiger partial charge in [0.25, 0.3) is 0 Å². The van der Waals surface area contributed by atoms with Gasteiger partial charge < -0.3 is 9.88 Å². The molecule has 0 unspecified atom stereocenters. The molecule has 0 spiro atoms. The van der Waals surface area contributed by atoms with Crippen LogP contribution in [0.15, 0.2) is 54.6 Å². The predicted octanol–water partition coefficient (Wildman–Crippen LogP) is 3.80. The number of piperazine rings is 1. The van der Waals surface area contributed by atoms with Gasteiger partial charge in [0.15, 0.2) is 0 Å². The number of nitrogens with one attached hydrogen (secondary N) is 1. The van der Waals surface area contributed by atoms with Gasteiger partial charge in [0, 0.05) is 55.0 Å². The van der Waals surface area contributed by atoms with E-state index >= 15 is 0 Å². The summed E-state index contributed by atoms with van der Waals surface area (Å²) in [5.41, 5.74) is 5.35. The van der Waals surface area contributed by atoms with Crippen molar-refractivity contribution in [2.45, 2.75) is 13.5 Å². The Bertz CT molecular complexity index is 783. The summed E-state index contributed by atoms with van der Waals surface area (Å²) in [6.45, 7) is 7.67. The lowest BCUT2D eigenvalue weighted by Gasteiger charge is -2.36. The van der Waals surface area contributed by atoms with Crippen LogP contribution in [0.25, 0.3) is 10.9 Å². The van der Waals surface area contributed by atoms with Crippen molar-refractivity contribution in [3.63, 3.8) is 0 Å². The maximum Gasteiger partial charge on any atom is 0.0459 e. The Labute approximate surface area is 137 Å². The number of rotatable bonds is 3. The van der Waals surface area contributed by atoms with Gasteiger partial charge in [-0.05, 0) is 30.7 Å². The maximum atomic E-state index is 3.51. The normalized spacial score (nSPS) is 16.1. The van der Waals surface area contributed by atoms with Crippen molar-refractivity contribution in [2.24, 2.45) is 0 Å². The molecule has 1 N–H and O–H groups in total. The predicted molar refractivity (Wildman–Crippen MR) is 97.0 cm³/mol. The third-order valence-corrected chi connectivity index (χ3v) is 4.90. The Balaban J connectivity index is 1.46. The summed E-state index contributed by atoms with van der Waals surface area (Å²) in [7, 11) is 0. The van der Waals surface area contributed by atoms with Crippen LogP contribution in [0.1, 0.15) is 11.3 Å². The van der Waals surface area contributed by atoms with E-state index in [2.05, 4.69) is 76.3 Å². The first kappa shape index (κ1) is 14.3. The van der Waals surface area contributed by atoms with Gasteiger partial charge in [0.2, 0.25) is 0 Å². The Morgan fingerprint density at radius 1 is 0.870 bits per heavy atom. The summed E-state index contributed by atoms with van der Waals surface area (Å²) >= 11 is 0. The summed E-state index contributed by atoms with van der Waals surface area (Å²) in [6.07, 6.45) is 0. The van der Waals surface area contributed by atoms with Crippen molar-refractivity contribution in [3.8, 4) is 0 Å². The molecule has 0 saturated carbocycles. The molecule has 0 bridgehead atoms. The number of benzene rings is 2. The van der Waals surface area contributed by atoms with E-state index in [4.69, 9.17) is 0 Å². The van der Waals surface area contributed by atoms with Crippen molar-refractivity contribution in [1.82, 2.24) is 9.88 Å². The number of aryl methyl sites for hydroxylation is 1. The van der Waals surface area contributed by atoms with Gasteiger partial charge in [0.05, 0.1) is 0 Å². The monoisotopic (exact) mass is 305 g/mol. The second kappa shape index (κ2) is 6.09. The molecule has 1 aromatic heterocycles. The average Bonchev–Trinajstić information content (AvgIpc) is 2.92. The molecule has 118 valence electrons. The first-order valence-electron chi connectivity index (χ1n) is 8.40. The molecular weight excluding hydrogens is 282 g/mol. The van der Waals surface area contributed by atoms with Crippen LogP contribution < -0.4 is 4.90 Å². The zero-order chi connectivity index (χ0) is 15.6. The van der Waals surface area contributed by atoms with Gasteiger partial charge >= 0.3 is 0 Å². The van der Waals surface area contributed by atoms with Gasteiger partial charge in [-0.15, -0.1) is 0 Å². The molecule has 3 heteroatoms. The SMILES string of the molecule is Cc1[nH]c2ccccc2c1CN1CCN(c2ccccc2)CC1. The standard InChI is InChI=1S/C20H23N3/c1-16-19(18-9-5-6-10-20(18)21-16)15-22-11-13-23(14-12-22)17-7-3-2-4-8-17/h2-10,21H,11-15H2,1H3. The second-order valence-corrected chi connectivity index (χ2v) is 6.37. The quantitative estimate of drug-likeness (QED) is 0.795. The molecule has 3 nitrogen and oxygen atoms in total. The molecule has 0 radical (unpaired) electrons. The highest BCUT2D eigenvalue weighted by Crippen LogP contribution is 2.24. The number of aromatic nitrogens is 1. The number of aromatic amines is 1. The molecule has 1 fully saturated rings. The molecule has 0 atom stereocenters. The molecule has 2 aromatic carbocycles. The van der Waals surface area contributed by atoms with Gasteiger partial charge in [-0.1, -0.05) is 36.4 Å². The highest BCUT2D eigenvalue weighted by atomic mass is 15.3. The zero-order valence-corrected chi connectivity index (χ0v) is 13.6. The summed E-state index contributed by atoms with van der Waals surface area (Å²) < 4.78 is 0. The van der Waals surface area contributed by atoms with Crippen LogP contribution in [0.5, 0.6) is 0 Å². The number of fused-ring (bicyclic) bond motifs is 1. The van der Waals surface area contributed by atoms with Crippen molar-refractivity contribution in [3.05, 3.63) is 65.9 Å². The minimum atomic E-state index is 1.04. The van der Waals surface area contributed by atoms with Crippen molar-refractivity contribution in [1.29, 1.82) is 0 Å². The van der Waals surface area contributed by atoms with E-state index < -0.39 is 0 Å². The number of H-pyrrole nitrogens is 1. The van der Waals surface area contributed by atoms with E-state index in [1.54, 1.807) is 0 Å². The lowest BCUT2D eigenvalue weighted by molar-refractivity contribution is 0.250. The van der Waals surface area contributed by atoms with Crippen LogP contribution >= 0.6 is 0 Å². The Morgan fingerprint density at radius 3 is 2.35 bits per heavy atom. The van der Waals surface area contributed by atoms with Crippen LogP contribution in [0, 0.1) is 6.92 Å². The molecule has 1 aliphatic rings. The van der Waals surface area contributed by atoms with E-state index in [-0.39, 0.29) is 0 Å². The third-order valence-electron chi connectivity index (χ3n) is 4.90. The number of hydrogen-bond acceptors (Lipinski definition) is 2. The van der Waals surface area contributed by atoms with E-state index in [1.807, 2.05) is 0 Å². The summed E-state index contributed by atoms with van der Waals surface area (Å²) in [4.78, 5) is 8.57. The first-order valence-corrected chi connectivity index (χ1v) is 8.40. The molecular formula is C20H23N3. The fourth-order valence-corrected chi connectivity index (χ4v) is 3.57. The van der Waals surface area contributed by atoms with E-state index in [1.165, 1.54) is 27.8 Å². The summed E-state index contributed by atoms with van der Waals surface area (Å²) in [5, 5.41) is 1.37. The van der Waals surface area contributed by atoms with Crippen LogP contribution in [-0.4, -0.2) is 36.1 Å². The highest BCUT2D eigenvalue weighted by molar-refractivity contribution is 5.84. The van der Waals surface area contributed by atoms with E-state index in [0.29, 0.717) is 0 Å². The second-order valence-electron chi connectivity index (χ2n) is 6.37. The minimum Gasteiger partial charge on any atom is -0.369 e. The third kappa shape index (κ3) is 2.84. The number of anilines is 1. The van der Waals surface area contributed by atoms with Crippen LogP contribution in [-0.2, 0) is 6.54 Å². The number of para-hydroxylation sites is 2. The molecule has 23 heavy (non-hydrogen) atoms. The van der Waals surface area contributed by atoms with Gasteiger partial charge in [0.1, 0.15) is 0 Å². The topological polar surface area (TPSA) is 22.3 Å². The van der Waals surface area contributed by atoms with E-state index in [9.17, 15) is 0 Å². The highest BCUT2D eigenvalue weighted by Gasteiger charge is 2.19. The lowest BCUT2D eigenvalue weighted by atomic mass is 10.1. The molecule has 4 rings (SSSR count). The largest absolute Gasteiger partial charge is 0.369 e. The van der Waals surface area contributed by atoms with Crippen molar-refractivity contribution >= 4 is 16.6 Å². The Hall–Kier alpha value is -2.26. The first-order chi connectivity index (χ1) is 11.3. The van der Waals surface area contributed by atoms with E-state index in [0.717, 1.165) is 32.7 Å². The molecule has 1 aliphatic heterocycles. The number of nitrogens with zero attached hydrogens (tertiary/aromatic N) is 2. The molecule has 0 aliphatic carbocycles. The fraction of sp³-hybridized carbons (Fsp3) is 0.300. The van der Waals surface area contributed by atoms with Gasteiger partial charge in [-0.25, -0.2) is 0 Å². The molecule has 1 saturated heterocycles. The fourth-order valence-electron chi connectivity index (χ4n) is 3.57. The van der Waals surface area contributed by atoms with Crippen molar-refractivity contribution < 1.29 is 0 Å². The molecule has 3 aromatic rings. The molecule has 2 heterocycles.